The smallest absolute Gasteiger partial charge is 0.271 e. The second-order valence-electron chi connectivity index (χ2n) is 7.98. The van der Waals surface area contributed by atoms with Gasteiger partial charge >= 0.3 is 0 Å². The number of piperazine rings is 1. The lowest BCUT2D eigenvalue weighted by Crippen LogP contribution is -2.48. The molecule has 3 aromatic heterocycles. The molecule has 0 atom stereocenters. The minimum absolute atomic E-state index is 0.0288. The van der Waals surface area contributed by atoms with Gasteiger partial charge in [-0.15, -0.1) is 0 Å². The Morgan fingerprint density at radius 1 is 1.03 bits per heavy atom. The van der Waals surface area contributed by atoms with Gasteiger partial charge in [0.2, 0.25) is 6.79 Å². The predicted octanol–water partition coefficient (Wildman–Crippen LogP) is 2.41. The van der Waals surface area contributed by atoms with Crippen molar-refractivity contribution in [3.05, 3.63) is 66.2 Å². The number of amides is 1. The molecule has 1 saturated heterocycles. The molecule has 32 heavy (non-hydrogen) atoms. The Morgan fingerprint density at radius 2 is 1.91 bits per heavy atom. The summed E-state index contributed by atoms with van der Waals surface area (Å²) in [6.07, 6.45) is 3.96. The number of pyridine rings is 1. The van der Waals surface area contributed by atoms with Gasteiger partial charge in [0.25, 0.3) is 5.91 Å². The average Bonchev–Trinajstić information content (AvgIpc) is 3.59. The molecule has 9 nitrogen and oxygen atoms in total. The predicted molar refractivity (Wildman–Crippen MR) is 117 cm³/mol. The molecule has 5 heterocycles. The molecule has 2 aliphatic heterocycles. The second-order valence-corrected chi connectivity index (χ2v) is 7.98. The number of aromatic nitrogens is 4. The van der Waals surface area contributed by atoms with Gasteiger partial charge in [-0.3, -0.25) is 14.8 Å². The largest absolute Gasteiger partial charge is 0.454 e. The molecule has 1 N–H and O–H groups in total. The molecule has 1 aromatic carbocycles. The van der Waals surface area contributed by atoms with Crippen molar-refractivity contribution < 1.29 is 14.3 Å². The van der Waals surface area contributed by atoms with E-state index >= 15 is 0 Å². The number of nitrogens with one attached hydrogen (secondary N) is 1. The fraction of sp³-hybridized carbons (Fsp3) is 0.261. The lowest BCUT2D eigenvalue weighted by atomic mass is 10.1. The first kappa shape index (κ1) is 18.9. The number of hydrogen-bond donors (Lipinski definition) is 1. The zero-order chi connectivity index (χ0) is 21.5. The van der Waals surface area contributed by atoms with E-state index in [1.54, 1.807) is 6.07 Å². The maximum absolute atomic E-state index is 13.0. The summed E-state index contributed by atoms with van der Waals surface area (Å²) in [6, 6.07) is 13.5. The molecule has 0 aliphatic carbocycles. The van der Waals surface area contributed by atoms with Gasteiger partial charge in [-0.25, -0.2) is 4.98 Å². The van der Waals surface area contributed by atoms with E-state index in [2.05, 4.69) is 24.5 Å². The molecular formula is C23H22N6O3. The maximum atomic E-state index is 13.0. The molecule has 2 aliphatic rings. The van der Waals surface area contributed by atoms with Crippen molar-refractivity contribution in [1.82, 2.24) is 29.4 Å². The summed E-state index contributed by atoms with van der Waals surface area (Å²) in [5, 5.41) is 7.23. The highest BCUT2D eigenvalue weighted by molar-refractivity contribution is 5.93. The number of ether oxygens (including phenoxy) is 2. The first-order chi connectivity index (χ1) is 15.7. The number of carbonyl (C=O) groups is 1. The number of fused-ring (bicyclic) bond motifs is 2. The number of nitrogens with zero attached hydrogens (tertiary/aromatic N) is 5. The average molecular weight is 430 g/mol. The van der Waals surface area contributed by atoms with Gasteiger partial charge in [-0.2, -0.15) is 5.10 Å². The molecule has 4 aromatic rings. The van der Waals surface area contributed by atoms with Crippen LogP contribution in [0.2, 0.25) is 0 Å². The molecular weight excluding hydrogens is 408 g/mol. The molecule has 1 amide bonds. The fourth-order valence-electron chi connectivity index (χ4n) is 4.25. The highest BCUT2D eigenvalue weighted by Gasteiger charge is 2.24. The molecule has 1 fully saturated rings. The Labute approximate surface area is 184 Å². The van der Waals surface area contributed by atoms with Crippen LogP contribution in [0.4, 0.5) is 0 Å². The standard InChI is InChI=1S/C23H22N6O3/c30-23(19-12-18(25-26-19)16-4-5-20-21(11-16)32-15-31-20)28-9-7-27(8-10-28)14-17-13-24-22-3-1-2-6-29(17)22/h1-6,11-13H,7-10,14-15H2,(H,25,26). The third-order valence-electron chi connectivity index (χ3n) is 6.02. The van der Waals surface area contributed by atoms with Crippen LogP contribution in [-0.4, -0.2) is 68.3 Å². The molecule has 0 saturated carbocycles. The van der Waals surface area contributed by atoms with Crippen molar-refractivity contribution >= 4 is 11.6 Å². The quantitative estimate of drug-likeness (QED) is 0.535. The van der Waals surface area contributed by atoms with Crippen LogP contribution in [0.25, 0.3) is 16.9 Å². The van der Waals surface area contributed by atoms with Crippen LogP contribution >= 0.6 is 0 Å². The number of hydrogen-bond acceptors (Lipinski definition) is 6. The molecule has 9 heteroatoms. The van der Waals surface area contributed by atoms with Crippen molar-refractivity contribution in [2.45, 2.75) is 6.54 Å². The van der Waals surface area contributed by atoms with E-state index in [4.69, 9.17) is 9.47 Å². The summed E-state index contributed by atoms with van der Waals surface area (Å²) in [6.45, 7) is 4.02. The normalized spacial score (nSPS) is 16.1. The van der Waals surface area contributed by atoms with Crippen LogP contribution < -0.4 is 9.47 Å². The first-order valence-electron chi connectivity index (χ1n) is 10.6. The van der Waals surface area contributed by atoms with Gasteiger partial charge in [0.1, 0.15) is 11.3 Å². The van der Waals surface area contributed by atoms with E-state index in [-0.39, 0.29) is 12.7 Å². The summed E-state index contributed by atoms with van der Waals surface area (Å²) < 4.78 is 12.9. The second kappa shape index (κ2) is 7.69. The Kier molecular flexibility index (Phi) is 4.53. The molecule has 162 valence electrons. The topological polar surface area (TPSA) is 88.0 Å². The van der Waals surface area contributed by atoms with Crippen LogP contribution in [0.3, 0.4) is 0 Å². The van der Waals surface area contributed by atoms with Gasteiger partial charge in [-0.1, -0.05) is 6.07 Å². The Hall–Kier alpha value is -3.85. The minimum atomic E-state index is -0.0288. The van der Waals surface area contributed by atoms with Crippen molar-refractivity contribution in [3.63, 3.8) is 0 Å². The summed E-state index contributed by atoms with van der Waals surface area (Å²) in [5.41, 5.74) is 4.18. The summed E-state index contributed by atoms with van der Waals surface area (Å²) in [7, 11) is 0. The van der Waals surface area contributed by atoms with E-state index < -0.39 is 0 Å². The van der Waals surface area contributed by atoms with E-state index in [9.17, 15) is 4.79 Å². The summed E-state index contributed by atoms with van der Waals surface area (Å²) in [4.78, 5) is 21.7. The van der Waals surface area contributed by atoms with Gasteiger partial charge in [-0.05, 0) is 36.4 Å². The van der Waals surface area contributed by atoms with Gasteiger partial charge < -0.3 is 18.8 Å². The number of H-pyrrole nitrogens is 1. The van der Waals surface area contributed by atoms with Crippen LogP contribution in [0.5, 0.6) is 11.5 Å². The molecule has 0 spiro atoms. The first-order valence-corrected chi connectivity index (χ1v) is 10.6. The van der Waals surface area contributed by atoms with Crippen molar-refractivity contribution in [1.29, 1.82) is 0 Å². The molecule has 0 radical (unpaired) electrons. The van der Waals surface area contributed by atoms with Crippen molar-refractivity contribution in [2.75, 3.05) is 33.0 Å². The van der Waals surface area contributed by atoms with Crippen LogP contribution in [0, 0.1) is 0 Å². The highest BCUT2D eigenvalue weighted by atomic mass is 16.7. The van der Waals surface area contributed by atoms with Crippen LogP contribution in [-0.2, 0) is 6.54 Å². The fourth-order valence-corrected chi connectivity index (χ4v) is 4.25. The van der Waals surface area contributed by atoms with Gasteiger partial charge in [0.05, 0.1) is 17.6 Å². The van der Waals surface area contributed by atoms with Crippen LogP contribution in [0.15, 0.2) is 54.9 Å². The number of imidazole rings is 1. The number of carbonyl (C=O) groups excluding carboxylic acids is 1. The third-order valence-corrected chi connectivity index (χ3v) is 6.02. The zero-order valence-corrected chi connectivity index (χ0v) is 17.4. The van der Waals surface area contributed by atoms with Crippen molar-refractivity contribution in [3.8, 4) is 22.8 Å². The van der Waals surface area contributed by atoms with Gasteiger partial charge in [0, 0.05) is 44.5 Å². The summed E-state index contributed by atoms with van der Waals surface area (Å²) >= 11 is 0. The summed E-state index contributed by atoms with van der Waals surface area (Å²) in [5.74, 6) is 1.39. The Balaban J connectivity index is 1.10. The number of benzene rings is 1. The number of aromatic amines is 1. The Bertz CT molecular complexity index is 1290. The maximum Gasteiger partial charge on any atom is 0.271 e. The zero-order valence-electron chi connectivity index (χ0n) is 17.4. The lowest BCUT2D eigenvalue weighted by molar-refractivity contribution is 0.0621. The van der Waals surface area contributed by atoms with Gasteiger partial charge in [0.15, 0.2) is 11.5 Å². The third kappa shape index (κ3) is 3.36. The SMILES string of the molecule is O=C(c1cc(-c2ccc3c(c2)OCO3)n[nH]1)N1CCN(Cc2cnc3ccccn23)CC1. The molecule has 0 unspecified atom stereocenters. The number of rotatable bonds is 4. The van der Waals surface area contributed by atoms with E-state index in [0.717, 1.165) is 42.3 Å². The minimum Gasteiger partial charge on any atom is -0.454 e. The van der Waals surface area contributed by atoms with Crippen molar-refractivity contribution in [2.24, 2.45) is 0 Å². The lowest BCUT2D eigenvalue weighted by Gasteiger charge is -2.34. The Morgan fingerprint density at radius 3 is 2.81 bits per heavy atom. The molecule has 0 bridgehead atoms. The van der Waals surface area contributed by atoms with E-state index in [1.165, 1.54) is 0 Å². The van der Waals surface area contributed by atoms with Crippen LogP contribution in [0.1, 0.15) is 16.2 Å². The monoisotopic (exact) mass is 430 g/mol. The highest BCUT2D eigenvalue weighted by Crippen LogP contribution is 2.35. The van der Waals surface area contributed by atoms with E-state index in [1.807, 2.05) is 53.7 Å². The van der Waals surface area contributed by atoms with E-state index in [0.29, 0.717) is 30.2 Å². The molecule has 6 rings (SSSR count).